The maximum absolute atomic E-state index is 12.3. The van der Waals surface area contributed by atoms with Crippen molar-refractivity contribution < 1.29 is 14.3 Å². The Morgan fingerprint density at radius 2 is 2.24 bits per heavy atom. The van der Waals surface area contributed by atoms with Crippen LogP contribution in [-0.4, -0.2) is 73.7 Å². The molecule has 2 saturated heterocycles. The molecule has 2 aliphatic heterocycles. The molecule has 1 aromatic heterocycles. The summed E-state index contributed by atoms with van der Waals surface area (Å²) in [5.74, 6) is 0.563. The van der Waals surface area contributed by atoms with Crippen molar-refractivity contribution in [3.8, 4) is 0 Å². The maximum atomic E-state index is 12.3. The first-order valence-corrected chi connectivity index (χ1v) is 9.15. The van der Waals surface area contributed by atoms with E-state index in [1.807, 2.05) is 30.0 Å². The lowest BCUT2D eigenvalue weighted by molar-refractivity contribution is -0.135. The highest BCUT2D eigenvalue weighted by Gasteiger charge is 2.50. The number of hydrogen-bond acceptors (Lipinski definition) is 5. The van der Waals surface area contributed by atoms with E-state index in [1.165, 1.54) is 0 Å². The summed E-state index contributed by atoms with van der Waals surface area (Å²) in [7, 11) is 2.16. The molecule has 3 rings (SSSR count). The minimum atomic E-state index is 0.112. The number of nitrogens with zero attached hydrogens (tertiary/aromatic N) is 3. The highest BCUT2D eigenvalue weighted by atomic mass is 16.5. The lowest BCUT2D eigenvalue weighted by Gasteiger charge is -2.30. The van der Waals surface area contributed by atoms with E-state index in [0.29, 0.717) is 25.7 Å². The predicted molar refractivity (Wildman–Crippen MR) is 95.0 cm³/mol. The topological polar surface area (TPSA) is 54.9 Å². The van der Waals surface area contributed by atoms with Crippen LogP contribution < -0.4 is 0 Å². The van der Waals surface area contributed by atoms with Gasteiger partial charge in [-0.2, -0.15) is 0 Å². The SMILES string of the molecule is CCOCC(=O)N1CC[C@@]2(CN(C)C[C@@H]2COCc2ccccn2)C1. The van der Waals surface area contributed by atoms with Crippen molar-refractivity contribution >= 4 is 5.91 Å². The minimum absolute atomic E-state index is 0.112. The zero-order valence-electron chi connectivity index (χ0n) is 15.3. The summed E-state index contributed by atoms with van der Waals surface area (Å²) in [6.45, 7) is 7.66. The second kappa shape index (κ2) is 8.25. The van der Waals surface area contributed by atoms with E-state index in [4.69, 9.17) is 9.47 Å². The molecule has 0 aromatic carbocycles. The van der Waals surface area contributed by atoms with Gasteiger partial charge in [0.1, 0.15) is 6.61 Å². The number of aromatic nitrogens is 1. The van der Waals surface area contributed by atoms with Gasteiger partial charge in [0.2, 0.25) is 5.91 Å². The molecule has 6 nitrogen and oxygen atoms in total. The second-order valence-corrected chi connectivity index (χ2v) is 7.29. The van der Waals surface area contributed by atoms with Crippen molar-refractivity contribution in [2.75, 3.05) is 53.0 Å². The highest BCUT2D eigenvalue weighted by molar-refractivity contribution is 5.77. The third kappa shape index (κ3) is 4.37. The van der Waals surface area contributed by atoms with Crippen LogP contribution in [-0.2, 0) is 20.9 Å². The van der Waals surface area contributed by atoms with Gasteiger partial charge in [0.25, 0.3) is 0 Å². The lowest BCUT2D eigenvalue weighted by atomic mass is 9.77. The molecule has 6 heteroatoms. The van der Waals surface area contributed by atoms with E-state index in [1.54, 1.807) is 6.20 Å². The number of carbonyl (C=O) groups excluding carboxylic acids is 1. The Morgan fingerprint density at radius 3 is 3.00 bits per heavy atom. The van der Waals surface area contributed by atoms with Crippen LogP contribution in [0.25, 0.3) is 0 Å². The van der Waals surface area contributed by atoms with Crippen LogP contribution in [0.2, 0.25) is 0 Å². The highest BCUT2D eigenvalue weighted by Crippen LogP contribution is 2.43. The third-order valence-corrected chi connectivity index (χ3v) is 5.45. The fourth-order valence-electron chi connectivity index (χ4n) is 4.17. The summed E-state index contributed by atoms with van der Waals surface area (Å²) >= 11 is 0. The molecule has 1 aromatic rings. The molecule has 0 bridgehead atoms. The third-order valence-electron chi connectivity index (χ3n) is 5.45. The molecule has 2 fully saturated rings. The zero-order chi connectivity index (χ0) is 17.7. The number of pyridine rings is 1. The van der Waals surface area contributed by atoms with Gasteiger partial charge in [-0.05, 0) is 32.5 Å². The molecule has 138 valence electrons. The Kier molecular flexibility index (Phi) is 6.04. The first-order chi connectivity index (χ1) is 12.1. The van der Waals surface area contributed by atoms with Crippen molar-refractivity contribution in [2.45, 2.75) is 20.0 Å². The van der Waals surface area contributed by atoms with Gasteiger partial charge >= 0.3 is 0 Å². The number of amides is 1. The number of ether oxygens (including phenoxy) is 2. The smallest absolute Gasteiger partial charge is 0.248 e. The van der Waals surface area contributed by atoms with Crippen LogP contribution in [0.4, 0.5) is 0 Å². The molecule has 0 radical (unpaired) electrons. The first kappa shape index (κ1) is 18.3. The Morgan fingerprint density at radius 1 is 1.36 bits per heavy atom. The van der Waals surface area contributed by atoms with Gasteiger partial charge < -0.3 is 19.3 Å². The molecule has 1 spiro atoms. The Hall–Kier alpha value is -1.50. The minimum Gasteiger partial charge on any atom is -0.375 e. The summed E-state index contributed by atoms with van der Waals surface area (Å²) in [6.07, 6.45) is 2.84. The molecule has 3 heterocycles. The van der Waals surface area contributed by atoms with Crippen molar-refractivity contribution in [3.05, 3.63) is 30.1 Å². The van der Waals surface area contributed by atoms with Crippen molar-refractivity contribution in [2.24, 2.45) is 11.3 Å². The van der Waals surface area contributed by atoms with E-state index < -0.39 is 0 Å². The van der Waals surface area contributed by atoms with Crippen LogP contribution in [0, 0.1) is 11.3 Å². The van der Waals surface area contributed by atoms with E-state index >= 15 is 0 Å². The van der Waals surface area contributed by atoms with Gasteiger partial charge in [0.15, 0.2) is 0 Å². The molecule has 0 saturated carbocycles. The van der Waals surface area contributed by atoms with Crippen LogP contribution in [0.3, 0.4) is 0 Å². The second-order valence-electron chi connectivity index (χ2n) is 7.29. The quantitative estimate of drug-likeness (QED) is 0.747. The Labute approximate surface area is 150 Å². The number of rotatable bonds is 7. The van der Waals surface area contributed by atoms with E-state index in [9.17, 15) is 4.79 Å². The van der Waals surface area contributed by atoms with Crippen LogP contribution in [0.1, 0.15) is 19.0 Å². The summed E-state index contributed by atoms with van der Waals surface area (Å²) in [6, 6.07) is 5.88. The van der Waals surface area contributed by atoms with Crippen LogP contribution in [0.15, 0.2) is 24.4 Å². The van der Waals surface area contributed by atoms with E-state index in [2.05, 4.69) is 16.9 Å². The van der Waals surface area contributed by atoms with Gasteiger partial charge in [-0.15, -0.1) is 0 Å². The standard InChI is InChI=1S/C19H29N3O3/c1-3-24-13-18(23)22-9-7-19(15-22)14-21(2)10-16(19)11-25-12-17-6-4-5-8-20-17/h4-6,8,16H,3,7,9-15H2,1-2H3/t16-,19-/m1/s1. The molecule has 0 N–H and O–H groups in total. The summed E-state index contributed by atoms with van der Waals surface area (Å²) < 4.78 is 11.3. The molecule has 0 unspecified atom stereocenters. The molecule has 1 amide bonds. The Bertz CT molecular complexity index is 568. The van der Waals surface area contributed by atoms with Crippen molar-refractivity contribution in [1.82, 2.24) is 14.8 Å². The van der Waals surface area contributed by atoms with Gasteiger partial charge in [0, 0.05) is 50.3 Å². The largest absolute Gasteiger partial charge is 0.375 e. The average molecular weight is 347 g/mol. The van der Waals surface area contributed by atoms with Crippen molar-refractivity contribution in [1.29, 1.82) is 0 Å². The van der Waals surface area contributed by atoms with Gasteiger partial charge in [-0.1, -0.05) is 6.07 Å². The van der Waals surface area contributed by atoms with Crippen LogP contribution in [0.5, 0.6) is 0 Å². The van der Waals surface area contributed by atoms with Crippen LogP contribution >= 0.6 is 0 Å². The van der Waals surface area contributed by atoms with Crippen molar-refractivity contribution in [3.63, 3.8) is 0 Å². The average Bonchev–Trinajstić information content (AvgIpc) is 3.17. The summed E-state index contributed by atoms with van der Waals surface area (Å²) in [4.78, 5) is 20.9. The maximum Gasteiger partial charge on any atom is 0.248 e. The number of likely N-dealkylation sites (tertiary alicyclic amines) is 2. The molecule has 0 aliphatic carbocycles. The zero-order valence-corrected chi connectivity index (χ0v) is 15.3. The molecular formula is C19H29N3O3. The molecule has 2 atom stereocenters. The molecule has 2 aliphatic rings. The first-order valence-electron chi connectivity index (χ1n) is 9.15. The monoisotopic (exact) mass is 347 g/mol. The lowest BCUT2D eigenvalue weighted by Crippen LogP contribution is -2.39. The number of hydrogen-bond donors (Lipinski definition) is 0. The number of carbonyl (C=O) groups is 1. The van der Waals surface area contributed by atoms with Gasteiger partial charge in [-0.25, -0.2) is 0 Å². The fraction of sp³-hybridized carbons (Fsp3) is 0.684. The Balaban J connectivity index is 1.55. The van der Waals surface area contributed by atoms with E-state index in [-0.39, 0.29) is 17.9 Å². The predicted octanol–water partition coefficient (Wildman–Crippen LogP) is 1.42. The fourth-order valence-corrected chi connectivity index (χ4v) is 4.17. The van der Waals surface area contributed by atoms with Gasteiger partial charge in [0.05, 0.1) is 18.9 Å². The molecular weight excluding hydrogens is 318 g/mol. The summed E-state index contributed by atoms with van der Waals surface area (Å²) in [5.41, 5.74) is 1.11. The normalized spacial score (nSPS) is 26.6. The summed E-state index contributed by atoms with van der Waals surface area (Å²) in [5, 5.41) is 0. The van der Waals surface area contributed by atoms with E-state index in [0.717, 1.165) is 38.3 Å². The molecule has 25 heavy (non-hydrogen) atoms. The van der Waals surface area contributed by atoms with Gasteiger partial charge in [-0.3, -0.25) is 9.78 Å².